The molecule has 1 atom stereocenters. The minimum absolute atomic E-state index is 0.209. The van der Waals surface area contributed by atoms with Crippen molar-refractivity contribution in [1.29, 1.82) is 5.26 Å². The molecule has 0 fully saturated rings. The number of ether oxygens (including phenoxy) is 2. The first-order chi connectivity index (χ1) is 7.26. The smallest absolute Gasteiger partial charge is 0.169 e. The summed E-state index contributed by atoms with van der Waals surface area (Å²) in [6.07, 6.45) is 1.63. The van der Waals surface area contributed by atoms with Gasteiger partial charge in [0, 0.05) is 5.56 Å². The van der Waals surface area contributed by atoms with Gasteiger partial charge in [-0.3, -0.25) is 0 Å². The molecule has 0 aromatic heterocycles. The minimum Gasteiger partial charge on any atom is -0.493 e. The van der Waals surface area contributed by atoms with Gasteiger partial charge in [0.25, 0.3) is 0 Å². The molecule has 1 unspecified atom stereocenters. The number of nitrogens with zero attached hydrogens (tertiary/aromatic N) is 1. The maximum Gasteiger partial charge on any atom is 0.169 e. The average molecular weight is 201 g/mol. The summed E-state index contributed by atoms with van der Waals surface area (Å²) in [5, 5.41) is 8.88. The maximum absolute atomic E-state index is 8.88. The second kappa shape index (κ2) is 3.66. The highest BCUT2D eigenvalue weighted by Gasteiger charge is 2.21. The SMILES string of the molecule is COc1cccc2c1OC(C)C(C#N)=C2. The molecule has 1 heterocycles. The Hall–Kier alpha value is -1.95. The second-order valence-corrected chi connectivity index (χ2v) is 3.35. The van der Waals surface area contributed by atoms with Crippen molar-refractivity contribution in [1.82, 2.24) is 0 Å². The molecule has 1 aromatic carbocycles. The van der Waals surface area contributed by atoms with E-state index in [2.05, 4.69) is 6.07 Å². The predicted octanol–water partition coefficient (Wildman–Crippen LogP) is 2.38. The van der Waals surface area contributed by atoms with Crippen LogP contribution in [0.4, 0.5) is 0 Å². The van der Waals surface area contributed by atoms with E-state index in [1.807, 2.05) is 31.2 Å². The van der Waals surface area contributed by atoms with Gasteiger partial charge in [0.1, 0.15) is 6.10 Å². The third-order valence-electron chi connectivity index (χ3n) is 2.40. The van der Waals surface area contributed by atoms with Crippen LogP contribution in [0.3, 0.4) is 0 Å². The van der Waals surface area contributed by atoms with Crippen molar-refractivity contribution < 1.29 is 9.47 Å². The molecule has 1 aliphatic rings. The molecule has 2 rings (SSSR count). The molecule has 3 heteroatoms. The van der Waals surface area contributed by atoms with E-state index in [1.165, 1.54) is 0 Å². The van der Waals surface area contributed by atoms with E-state index in [9.17, 15) is 0 Å². The summed E-state index contributed by atoms with van der Waals surface area (Å²) >= 11 is 0. The number of para-hydroxylation sites is 1. The third kappa shape index (κ3) is 1.55. The number of hydrogen-bond donors (Lipinski definition) is 0. The Labute approximate surface area is 88.5 Å². The van der Waals surface area contributed by atoms with E-state index in [0.29, 0.717) is 17.1 Å². The molecule has 0 radical (unpaired) electrons. The highest BCUT2D eigenvalue weighted by Crippen LogP contribution is 2.37. The number of hydrogen-bond acceptors (Lipinski definition) is 3. The second-order valence-electron chi connectivity index (χ2n) is 3.35. The Morgan fingerprint density at radius 3 is 2.93 bits per heavy atom. The Kier molecular flexibility index (Phi) is 2.34. The zero-order valence-corrected chi connectivity index (χ0v) is 8.65. The van der Waals surface area contributed by atoms with Crippen molar-refractivity contribution in [3.05, 3.63) is 29.3 Å². The summed E-state index contributed by atoms with van der Waals surface area (Å²) in [4.78, 5) is 0. The molecule has 3 nitrogen and oxygen atoms in total. The van der Waals surface area contributed by atoms with Crippen LogP contribution in [0.5, 0.6) is 11.5 Å². The van der Waals surface area contributed by atoms with Crippen LogP contribution in [-0.4, -0.2) is 13.2 Å². The lowest BCUT2D eigenvalue weighted by molar-refractivity contribution is 0.244. The van der Waals surface area contributed by atoms with Crippen molar-refractivity contribution in [2.45, 2.75) is 13.0 Å². The van der Waals surface area contributed by atoms with E-state index < -0.39 is 0 Å². The molecule has 15 heavy (non-hydrogen) atoms. The van der Waals surface area contributed by atoms with Gasteiger partial charge < -0.3 is 9.47 Å². The normalized spacial score (nSPS) is 18.2. The molecular formula is C12H11NO2. The topological polar surface area (TPSA) is 42.2 Å². The molecule has 0 saturated carbocycles. The summed E-state index contributed by atoms with van der Waals surface area (Å²) in [6.45, 7) is 1.85. The van der Waals surface area contributed by atoms with Gasteiger partial charge in [-0.05, 0) is 19.1 Å². The maximum atomic E-state index is 8.88. The zero-order chi connectivity index (χ0) is 10.8. The van der Waals surface area contributed by atoms with Crippen molar-refractivity contribution in [2.24, 2.45) is 0 Å². The van der Waals surface area contributed by atoms with Gasteiger partial charge >= 0.3 is 0 Å². The van der Waals surface area contributed by atoms with Crippen LogP contribution in [0.15, 0.2) is 23.8 Å². The summed E-state index contributed by atoms with van der Waals surface area (Å²) in [7, 11) is 1.60. The molecule has 0 saturated heterocycles. The van der Waals surface area contributed by atoms with Crippen LogP contribution in [0, 0.1) is 11.3 Å². The fourth-order valence-electron chi connectivity index (χ4n) is 1.58. The van der Waals surface area contributed by atoms with Gasteiger partial charge in [-0.25, -0.2) is 0 Å². The molecule has 0 N–H and O–H groups in total. The standard InChI is InChI=1S/C12H11NO2/c1-8-10(7-13)6-9-4-3-5-11(14-2)12(9)15-8/h3-6,8H,1-2H3. The Morgan fingerprint density at radius 1 is 1.47 bits per heavy atom. The lowest BCUT2D eigenvalue weighted by Crippen LogP contribution is -2.18. The number of benzene rings is 1. The third-order valence-corrected chi connectivity index (χ3v) is 2.40. The van der Waals surface area contributed by atoms with Gasteiger partial charge in [-0.15, -0.1) is 0 Å². The molecule has 1 aliphatic heterocycles. The minimum atomic E-state index is -0.209. The molecule has 1 aromatic rings. The lowest BCUT2D eigenvalue weighted by atomic mass is 10.0. The monoisotopic (exact) mass is 201 g/mol. The molecule has 0 aliphatic carbocycles. The van der Waals surface area contributed by atoms with E-state index in [1.54, 1.807) is 7.11 Å². The van der Waals surface area contributed by atoms with Crippen LogP contribution >= 0.6 is 0 Å². The zero-order valence-electron chi connectivity index (χ0n) is 8.65. The van der Waals surface area contributed by atoms with Gasteiger partial charge in [0.2, 0.25) is 0 Å². The highest BCUT2D eigenvalue weighted by atomic mass is 16.5. The quantitative estimate of drug-likeness (QED) is 0.700. The van der Waals surface area contributed by atoms with Gasteiger partial charge in [0.05, 0.1) is 18.8 Å². The van der Waals surface area contributed by atoms with Crippen LogP contribution in [0.1, 0.15) is 12.5 Å². The average Bonchev–Trinajstić information content (AvgIpc) is 2.27. The Bertz CT molecular complexity index is 457. The summed E-state index contributed by atoms with van der Waals surface area (Å²) < 4.78 is 10.8. The predicted molar refractivity (Wildman–Crippen MR) is 56.7 cm³/mol. The first-order valence-electron chi connectivity index (χ1n) is 4.71. The van der Waals surface area contributed by atoms with Crippen LogP contribution in [0.2, 0.25) is 0 Å². The summed E-state index contributed by atoms with van der Waals surface area (Å²) in [5.74, 6) is 1.42. The molecule has 0 spiro atoms. The number of nitriles is 1. The van der Waals surface area contributed by atoms with Crippen LogP contribution in [0.25, 0.3) is 6.08 Å². The molecule has 0 bridgehead atoms. The van der Waals surface area contributed by atoms with Crippen molar-refractivity contribution in [2.75, 3.05) is 7.11 Å². The highest BCUT2D eigenvalue weighted by molar-refractivity contribution is 5.69. The first-order valence-corrected chi connectivity index (χ1v) is 4.71. The summed E-state index contributed by atoms with van der Waals surface area (Å²) in [5.41, 5.74) is 1.53. The van der Waals surface area contributed by atoms with Crippen molar-refractivity contribution in [3.63, 3.8) is 0 Å². The fourth-order valence-corrected chi connectivity index (χ4v) is 1.58. The van der Waals surface area contributed by atoms with E-state index in [4.69, 9.17) is 14.7 Å². The van der Waals surface area contributed by atoms with E-state index in [-0.39, 0.29) is 6.10 Å². The lowest BCUT2D eigenvalue weighted by Gasteiger charge is -2.22. The van der Waals surface area contributed by atoms with Crippen molar-refractivity contribution >= 4 is 6.08 Å². The van der Waals surface area contributed by atoms with E-state index >= 15 is 0 Å². The van der Waals surface area contributed by atoms with Gasteiger partial charge in [-0.1, -0.05) is 12.1 Å². The van der Waals surface area contributed by atoms with E-state index in [0.717, 1.165) is 5.56 Å². The first kappa shape index (κ1) is 9.60. The molecule has 76 valence electrons. The van der Waals surface area contributed by atoms with Crippen LogP contribution < -0.4 is 9.47 Å². The number of methoxy groups -OCH3 is 1. The molecule has 0 amide bonds. The Morgan fingerprint density at radius 2 is 2.27 bits per heavy atom. The van der Waals surface area contributed by atoms with Crippen molar-refractivity contribution in [3.8, 4) is 17.6 Å². The fraction of sp³-hybridized carbons (Fsp3) is 0.250. The largest absolute Gasteiger partial charge is 0.493 e. The Balaban J connectivity index is 2.55. The summed E-state index contributed by atoms with van der Waals surface area (Å²) in [6, 6.07) is 7.75. The van der Waals surface area contributed by atoms with Gasteiger partial charge in [-0.2, -0.15) is 5.26 Å². The van der Waals surface area contributed by atoms with Gasteiger partial charge in [0.15, 0.2) is 11.5 Å². The van der Waals surface area contributed by atoms with Crippen LogP contribution in [-0.2, 0) is 0 Å². The molecular weight excluding hydrogens is 190 g/mol. The number of rotatable bonds is 1. The number of fused-ring (bicyclic) bond motifs is 1.